The molecule has 0 amide bonds. The second kappa shape index (κ2) is 10.2. The zero-order valence-electron chi connectivity index (χ0n) is 12.7. The Hall–Kier alpha value is -0.670. The van der Waals surface area contributed by atoms with Gasteiger partial charge in [-0.1, -0.05) is 38.3 Å². The number of nitrogens with zero attached hydrogens (tertiary/aromatic N) is 2. The molecule has 2 atom stereocenters. The molecule has 0 radical (unpaired) electrons. The molecule has 0 bridgehead atoms. The fourth-order valence-electron chi connectivity index (χ4n) is 2.55. The van der Waals surface area contributed by atoms with Gasteiger partial charge in [0, 0.05) is 12.8 Å². The van der Waals surface area contributed by atoms with Gasteiger partial charge in [0.2, 0.25) is 0 Å². The van der Waals surface area contributed by atoms with Crippen molar-refractivity contribution in [1.82, 2.24) is 4.90 Å². The number of nitrogens with two attached hydrogens (primary N) is 1. The Balaban J connectivity index is 1.96. The number of unbranched alkanes of at least 4 members (excludes halogenated alkanes) is 5. The van der Waals surface area contributed by atoms with E-state index in [9.17, 15) is 0 Å². The maximum absolute atomic E-state index is 5.94. The van der Waals surface area contributed by atoms with Crippen LogP contribution < -0.4 is 5.73 Å². The van der Waals surface area contributed by atoms with Gasteiger partial charge >= 0.3 is 0 Å². The van der Waals surface area contributed by atoms with Crippen LogP contribution in [0.1, 0.15) is 65.2 Å². The van der Waals surface area contributed by atoms with Crippen LogP contribution in [0.3, 0.4) is 0 Å². The summed E-state index contributed by atoms with van der Waals surface area (Å²) in [6, 6.07) is 0. The SMILES string of the molecule is CC/C=C/CCCCCCCC1N=CCN1C(C)N. The highest BCUT2D eigenvalue weighted by Crippen LogP contribution is 2.16. The molecule has 0 spiro atoms. The third-order valence-corrected chi connectivity index (χ3v) is 3.71. The van der Waals surface area contributed by atoms with Gasteiger partial charge in [0.15, 0.2) is 0 Å². The van der Waals surface area contributed by atoms with E-state index in [-0.39, 0.29) is 6.17 Å². The van der Waals surface area contributed by atoms with E-state index in [1.165, 1.54) is 38.5 Å². The Morgan fingerprint density at radius 2 is 2.00 bits per heavy atom. The van der Waals surface area contributed by atoms with Crippen LogP contribution in [0.25, 0.3) is 0 Å². The fraction of sp³-hybridized carbons (Fsp3) is 0.812. The molecule has 1 heterocycles. The summed E-state index contributed by atoms with van der Waals surface area (Å²) in [5.41, 5.74) is 5.94. The molecule has 1 aliphatic heterocycles. The predicted octanol–water partition coefficient (Wildman–Crippen LogP) is 3.70. The maximum atomic E-state index is 5.94. The van der Waals surface area contributed by atoms with Crippen molar-refractivity contribution in [3.63, 3.8) is 0 Å². The van der Waals surface area contributed by atoms with Gasteiger partial charge < -0.3 is 5.73 Å². The number of hydrogen-bond acceptors (Lipinski definition) is 3. The van der Waals surface area contributed by atoms with Crippen molar-refractivity contribution in [2.24, 2.45) is 10.7 Å². The van der Waals surface area contributed by atoms with Crippen LogP contribution in [0.4, 0.5) is 0 Å². The highest BCUT2D eigenvalue weighted by atomic mass is 15.3. The van der Waals surface area contributed by atoms with Crippen molar-refractivity contribution in [2.45, 2.75) is 77.5 Å². The van der Waals surface area contributed by atoms with Gasteiger partial charge in [0.05, 0.1) is 6.17 Å². The monoisotopic (exact) mass is 265 g/mol. The summed E-state index contributed by atoms with van der Waals surface area (Å²) in [4.78, 5) is 6.79. The summed E-state index contributed by atoms with van der Waals surface area (Å²) in [5, 5.41) is 0. The number of aliphatic imine (C=N–C) groups is 1. The Labute approximate surface area is 119 Å². The summed E-state index contributed by atoms with van der Waals surface area (Å²) in [5.74, 6) is 0. The fourth-order valence-corrected chi connectivity index (χ4v) is 2.55. The van der Waals surface area contributed by atoms with Gasteiger partial charge in [-0.2, -0.15) is 0 Å². The van der Waals surface area contributed by atoms with Crippen LogP contribution in [0, 0.1) is 0 Å². The molecular weight excluding hydrogens is 234 g/mol. The summed E-state index contributed by atoms with van der Waals surface area (Å²) >= 11 is 0. The van der Waals surface area contributed by atoms with E-state index >= 15 is 0 Å². The largest absolute Gasteiger partial charge is 0.316 e. The lowest BCUT2D eigenvalue weighted by molar-refractivity contribution is 0.182. The molecule has 110 valence electrons. The molecule has 2 unspecified atom stereocenters. The van der Waals surface area contributed by atoms with Crippen molar-refractivity contribution in [1.29, 1.82) is 0 Å². The summed E-state index contributed by atoms with van der Waals surface area (Å²) in [6.07, 6.45) is 17.3. The van der Waals surface area contributed by atoms with Gasteiger partial charge in [-0.25, -0.2) is 0 Å². The summed E-state index contributed by atoms with van der Waals surface area (Å²) in [6.45, 7) is 5.16. The molecule has 3 nitrogen and oxygen atoms in total. The molecule has 0 aromatic heterocycles. The normalized spacial score (nSPS) is 21.5. The average molecular weight is 265 g/mol. The lowest BCUT2D eigenvalue weighted by atomic mass is 10.1. The first-order valence-corrected chi connectivity index (χ1v) is 7.93. The van der Waals surface area contributed by atoms with Crippen molar-refractivity contribution in [3.05, 3.63) is 12.2 Å². The summed E-state index contributed by atoms with van der Waals surface area (Å²) in [7, 11) is 0. The standard InChI is InChI=1S/C16H31N3/c1-3-4-5-6-7-8-9-10-11-12-16-18-13-14-19(16)15(2)17/h4-5,13,15-16H,3,6-12,14,17H2,1-2H3/b5-4+. The summed E-state index contributed by atoms with van der Waals surface area (Å²) < 4.78 is 0. The molecule has 0 aliphatic carbocycles. The van der Waals surface area contributed by atoms with Crippen LogP contribution in [0.5, 0.6) is 0 Å². The second-order valence-electron chi connectivity index (χ2n) is 5.47. The van der Waals surface area contributed by atoms with Crippen molar-refractivity contribution >= 4 is 6.21 Å². The Morgan fingerprint density at radius 1 is 1.26 bits per heavy atom. The molecule has 0 aromatic rings. The first-order valence-electron chi connectivity index (χ1n) is 7.93. The van der Waals surface area contributed by atoms with Crippen LogP contribution in [-0.4, -0.2) is 30.0 Å². The minimum absolute atomic E-state index is 0.123. The van der Waals surface area contributed by atoms with E-state index in [1.54, 1.807) is 0 Å². The zero-order chi connectivity index (χ0) is 13.9. The zero-order valence-corrected chi connectivity index (χ0v) is 12.7. The van der Waals surface area contributed by atoms with Gasteiger partial charge in [0.25, 0.3) is 0 Å². The highest BCUT2D eigenvalue weighted by Gasteiger charge is 2.22. The smallest absolute Gasteiger partial charge is 0.103 e. The van der Waals surface area contributed by atoms with Crippen LogP contribution >= 0.6 is 0 Å². The Bertz CT molecular complexity index is 271. The van der Waals surface area contributed by atoms with Crippen LogP contribution in [-0.2, 0) is 0 Å². The Kier molecular flexibility index (Phi) is 8.76. The number of allylic oxidation sites excluding steroid dienone is 2. The minimum Gasteiger partial charge on any atom is -0.316 e. The molecular formula is C16H31N3. The molecule has 3 heteroatoms. The van der Waals surface area contributed by atoms with Gasteiger partial charge in [0.1, 0.15) is 6.17 Å². The van der Waals surface area contributed by atoms with E-state index in [4.69, 9.17) is 5.73 Å². The average Bonchev–Trinajstić information content (AvgIpc) is 2.85. The quantitative estimate of drug-likeness (QED) is 0.483. The van der Waals surface area contributed by atoms with E-state index in [2.05, 4.69) is 29.0 Å². The van der Waals surface area contributed by atoms with Gasteiger partial charge in [-0.15, -0.1) is 0 Å². The first kappa shape index (κ1) is 16.4. The first-order chi connectivity index (χ1) is 9.25. The van der Waals surface area contributed by atoms with Crippen LogP contribution in [0.15, 0.2) is 17.1 Å². The van der Waals surface area contributed by atoms with Gasteiger partial charge in [-0.05, 0) is 39.0 Å². The topological polar surface area (TPSA) is 41.6 Å². The molecule has 0 fully saturated rings. The second-order valence-corrected chi connectivity index (χ2v) is 5.47. The Morgan fingerprint density at radius 3 is 2.74 bits per heavy atom. The third-order valence-electron chi connectivity index (χ3n) is 3.71. The predicted molar refractivity (Wildman–Crippen MR) is 84.4 cm³/mol. The van der Waals surface area contributed by atoms with Gasteiger partial charge in [-0.3, -0.25) is 9.89 Å². The molecule has 2 N–H and O–H groups in total. The lowest BCUT2D eigenvalue weighted by Crippen LogP contribution is -2.43. The molecule has 19 heavy (non-hydrogen) atoms. The van der Waals surface area contributed by atoms with Crippen LogP contribution in [0.2, 0.25) is 0 Å². The lowest BCUT2D eigenvalue weighted by Gasteiger charge is -2.26. The number of hydrogen-bond donors (Lipinski definition) is 1. The molecule has 0 aromatic carbocycles. The third kappa shape index (κ3) is 6.88. The minimum atomic E-state index is 0.123. The van der Waals surface area contributed by atoms with Crippen molar-refractivity contribution in [2.75, 3.05) is 6.54 Å². The molecule has 1 rings (SSSR count). The van der Waals surface area contributed by atoms with Crippen molar-refractivity contribution < 1.29 is 0 Å². The van der Waals surface area contributed by atoms with E-state index in [0.717, 1.165) is 19.4 Å². The maximum Gasteiger partial charge on any atom is 0.103 e. The highest BCUT2D eigenvalue weighted by molar-refractivity contribution is 5.62. The molecule has 0 saturated heterocycles. The van der Waals surface area contributed by atoms with Crippen molar-refractivity contribution in [3.8, 4) is 0 Å². The number of rotatable bonds is 10. The molecule has 0 saturated carbocycles. The van der Waals surface area contributed by atoms with E-state index in [0.29, 0.717) is 6.17 Å². The van der Waals surface area contributed by atoms with E-state index < -0.39 is 0 Å². The van der Waals surface area contributed by atoms with E-state index in [1.807, 2.05) is 13.1 Å². The molecule has 1 aliphatic rings.